The van der Waals surface area contributed by atoms with Crippen molar-refractivity contribution < 1.29 is 17.9 Å². The van der Waals surface area contributed by atoms with Gasteiger partial charge in [0, 0.05) is 38.3 Å². The molecule has 1 amide bonds. The molecule has 2 saturated heterocycles. The molecule has 0 aliphatic carbocycles. The van der Waals surface area contributed by atoms with Gasteiger partial charge in [0.25, 0.3) is 15.9 Å². The van der Waals surface area contributed by atoms with Crippen LogP contribution >= 0.6 is 0 Å². The Labute approximate surface area is 141 Å². The van der Waals surface area contributed by atoms with Gasteiger partial charge in [0.2, 0.25) is 0 Å². The lowest BCUT2D eigenvalue weighted by molar-refractivity contribution is -0.142. The van der Waals surface area contributed by atoms with Crippen molar-refractivity contribution in [1.82, 2.24) is 9.80 Å². The van der Waals surface area contributed by atoms with E-state index in [1.807, 2.05) is 15.9 Å². The molecule has 24 heavy (non-hydrogen) atoms. The van der Waals surface area contributed by atoms with Crippen molar-refractivity contribution in [2.75, 3.05) is 32.8 Å². The van der Waals surface area contributed by atoms with E-state index in [4.69, 9.17) is 4.74 Å². The van der Waals surface area contributed by atoms with Crippen LogP contribution in [0.5, 0.6) is 0 Å². The van der Waals surface area contributed by atoms with Gasteiger partial charge in [-0.3, -0.25) is 4.79 Å². The van der Waals surface area contributed by atoms with Crippen molar-refractivity contribution >= 4 is 21.8 Å². The van der Waals surface area contributed by atoms with Crippen LogP contribution in [0.15, 0.2) is 33.6 Å². The molecule has 0 radical (unpaired) electrons. The molecule has 0 unspecified atom stereocenters. The predicted octanol–water partition coefficient (Wildman–Crippen LogP) is 0.459. The topological polar surface area (TPSA) is 79.3 Å². The van der Waals surface area contributed by atoms with Gasteiger partial charge < -0.3 is 14.5 Å². The van der Waals surface area contributed by atoms with Gasteiger partial charge in [-0.1, -0.05) is 12.1 Å². The first-order chi connectivity index (χ1) is 11.6. The molecule has 7 nitrogen and oxygen atoms in total. The van der Waals surface area contributed by atoms with Crippen LogP contribution in [-0.4, -0.2) is 68.9 Å². The third kappa shape index (κ3) is 2.59. The number of benzene rings is 1. The van der Waals surface area contributed by atoms with E-state index in [0.29, 0.717) is 44.2 Å². The maximum atomic E-state index is 12.4. The minimum absolute atomic E-state index is 0.0496. The van der Waals surface area contributed by atoms with E-state index in [-0.39, 0.29) is 16.9 Å². The van der Waals surface area contributed by atoms with Crippen molar-refractivity contribution in [2.24, 2.45) is 4.40 Å². The molecule has 2 fully saturated rings. The van der Waals surface area contributed by atoms with Crippen molar-refractivity contribution in [1.29, 1.82) is 0 Å². The van der Waals surface area contributed by atoms with Crippen LogP contribution in [-0.2, 0) is 19.6 Å². The van der Waals surface area contributed by atoms with Crippen LogP contribution in [0.2, 0.25) is 0 Å². The number of carbonyl (C=O) groups excluding carboxylic acids is 1. The zero-order valence-electron chi connectivity index (χ0n) is 13.2. The number of amidine groups is 1. The molecule has 1 atom stereocenters. The number of piperazine rings is 1. The Morgan fingerprint density at radius 2 is 1.92 bits per heavy atom. The van der Waals surface area contributed by atoms with E-state index >= 15 is 0 Å². The van der Waals surface area contributed by atoms with Crippen molar-refractivity contribution in [3.63, 3.8) is 0 Å². The average Bonchev–Trinajstić information content (AvgIpc) is 3.22. The minimum Gasteiger partial charge on any atom is -0.368 e. The number of sulfonamides is 1. The highest BCUT2D eigenvalue weighted by molar-refractivity contribution is 7.90. The third-order valence-electron chi connectivity index (χ3n) is 4.71. The zero-order valence-corrected chi connectivity index (χ0v) is 14.0. The summed E-state index contributed by atoms with van der Waals surface area (Å²) in [5.74, 6) is 0.545. The summed E-state index contributed by atoms with van der Waals surface area (Å²) in [5, 5.41) is 0. The molecule has 0 spiro atoms. The Hall–Kier alpha value is -1.93. The Morgan fingerprint density at radius 3 is 2.62 bits per heavy atom. The molecule has 128 valence electrons. The Morgan fingerprint density at radius 1 is 1.17 bits per heavy atom. The largest absolute Gasteiger partial charge is 0.368 e. The number of hydrogen-bond donors (Lipinski definition) is 0. The van der Waals surface area contributed by atoms with Crippen molar-refractivity contribution in [3.8, 4) is 0 Å². The molecule has 4 rings (SSSR count). The van der Waals surface area contributed by atoms with Gasteiger partial charge in [0.1, 0.15) is 11.0 Å². The second-order valence-electron chi connectivity index (χ2n) is 6.20. The van der Waals surface area contributed by atoms with E-state index in [0.717, 1.165) is 12.8 Å². The fraction of sp³-hybridized carbons (Fsp3) is 0.500. The van der Waals surface area contributed by atoms with Gasteiger partial charge in [-0.25, -0.2) is 0 Å². The van der Waals surface area contributed by atoms with Crippen molar-refractivity contribution in [3.05, 3.63) is 29.8 Å². The summed E-state index contributed by atoms with van der Waals surface area (Å²) in [4.78, 5) is 16.4. The molecular formula is C16H19N3O4S. The molecule has 3 aliphatic rings. The average molecular weight is 349 g/mol. The third-order valence-corrected chi connectivity index (χ3v) is 6.03. The highest BCUT2D eigenvalue weighted by Crippen LogP contribution is 2.28. The number of carbonyl (C=O) groups is 1. The number of rotatable bonds is 1. The first kappa shape index (κ1) is 15.6. The monoisotopic (exact) mass is 349 g/mol. The van der Waals surface area contributed by atoms with Crippen LogP contribution < -0.4 is 0 Å². The van der Waals surface area contributed by atoms with Gasteiger partial charge in [-0.15, -0.1) is 4.40 Å². The van der Waals surface area contributed by atoms with Crippen LogP contribution in [0.25, 0.3) is 0 Å². The Balaban J connectivity index is 1.48. The van der Waals surface area contributed by atoms with E-state index < -0.39 is 10.0 Å². The van der Waals surface area contributed by atoms with Gasteiger partial charge in [0.15, 0.2) is 5.84 Å². The van der Waals surface area contributed by atoms with E-state index in [1.165, 1.54) is 0 Å². The molecule has 0 N–H and O–H groups in total. The second kappa shape index (κ2) is 5.86. The fourth-order valence-electron chi connectivity index (χ4n) is 3.43. The van der Waals surface area contributed by atoms with E-state index in [2.05, 4.69) is 4.40 Å². The Bertz CT molecular complexity index is 791. The summed E-state index contributed by atoms with van der Waals surface area (Å²) in [7, 11) is -3.60. The summed E-state index contributed by atoms with van der Waals surface area (Å²) >= 11 is 0. The van der Waals surface area contributed by atoms with E-state index in [9.17, 15) is 13.2 Å². The smallest absolute Gasteiger partial charge is 0.285 e. The fourth-order valence-corrected chi connectivity index (χ4v) is 4.66. The summed E-state index contributed by atoms with van der Waals surface area (Å²) < 4.78 is 33.7. The lowest BCUT2D eigenvalue weighted by Crippen LogP contribution is -2.52. The summed E-state index contributed by atoms with van der Waals surface area (Å²) in [6.45, 7) is 2.91. The first-order valence-corrected chi connectivity index (χ1v) is 9.60. The number of nitrogens with zero attached hydrogens (tertiary/aromatic N) is 3. The SMILES string of the molecule is O=C([C@H]1CCCO1)N1CCN(C2=NS(=O)(=O)c3ccccc32)CC1. The highest BCUT2D eigenvalue weighted by Gasteiger charge is 2.35. The van der Waals surface area contributed by atoms with Gasteiger partial charge in [0.05, 0.1) is 0 Å². The first-order valence-electron chi connectivity index (χ1n) is 8.16. The molecule has 0 bridgehead atoms. The Kier molecular flexibility index (Phi) is 3.80. The van der Waals surface area contributed by atoms with Gasteiger partial charge >= 0.3 is 0 Å². The molecule has 0 saturated carbocycles. The molecule has 8 heteroatoms. The van der Waals surface area contributed by atoms with Gasteiger partial charge in [-0.2, -0.15) is 8.42 Å². The quantitative estimate of drug-likeness (QED) is 0.736. The standard InChI is InChI=1S/C16H19N3O4S/c20-16(13-5-3-11-23-13)19-9-7-18(8-10-19)15-12-4-1-2-6-14(12)24(21,22)17-15/h1-2,4,6,13H,3,5,7-11H2/t13-/m1/s1. The summed E-state index contributed by atoms with van der Waals surface area (Å²) in [6.07, 6.45) is 1.42. The van der Waals surface area contributed by atoms with E-state index in [1.54, 1.807) is 18.2 Å². The molecule has 1 aromatic rings. The molecule has 3 heterocycles. The van der Waals surface area contributed by atoms with Crippen LogP contribution in [0.1, 0.15) is 18.4 Å². The molecule has 3 aliphatic heterocycles. The zero-order chi connectivity index (χ0) is 16.7. The number of hydrogen-bond acceptors (Lipinski definition) is 5. The maximum absolute atomic E-state index is 12.4. The molecular weight excluding hydrogens is 330 g/mol. The van der Waals surface area contributed by atoms with Crippen molar-refractivity contribution in [2.45, 2.75) is 23.8 Å². The van der Waals surface area contributed by atoms with Crippen LogP contribution in [0, 0.1) is 0 Å². The summed E-state index contributed by atoms with van der Waals surface area (Å²) in [5.41, 5.74) is 0.649. The normalized spacial score (nSPS) is 25.5. The number of amides is 1. The number of ether oxygens (including phenoxy) is 1. The predicted molar refractivity (Wildman–Crippen MR) is 87.3 cm³/mol. The second-order valence-corrected chi connectivity index (χ2v) is 7.77. The van der Waals surface area contributed by atoms with Crippen LogP contribution in [0.4, 0.5) is 0 Å². The maximum Gasteiger partial charge on any atom is 0.285 e. The van der Waals surface area contributed by atoms with Crippen LogP contribution in [0.3, 0.4) is 0 Å². The summed E-state index contributed by atoms with van der Waals surface area (Å²) in [6, 6.07) is 6.88. The lowest BCUT2D eigenvalue weighted by atomic mass is 10.1. The highest BCUT2D eigenvalue weighted by atomic mass is 32.2. The lowest BCUT2D eigenvalue weighted by Gasteiger charge is -2.36. The number of fused-ring (bicyclic) bond motifs is 1. The molecule has 0 aromatic heterocycles. The minimum atomic E-state index is -3.60. The van der Waals surface area contributed by atoms with Gasteiger partial charge in [-0.05, 0) is 25.0 Å². The molecule has 1 aromatic carbocycles.